The van der Waals surface area contributed by atoms with Gasteiger partial charge in [-0.2, -0.15) is 0 Å². The van der Waals surface area contributed by atoms with Gasteiger partial charge in [0.25, 0.3) is 0 Å². The summed E-state index contributed by atoms with van der Waals surface area (Å²) in [5.74, 6) is -0.602. The van der Waals surface area contributed by atoms with Crippen LogP contribution in [0.5, 0.6) is 0 Å². The van der Waals surface area contributed by atoms with Crippen molar-refractivity contribution in [2.45, 2.75) is 78.1 Å². The Kier molecular flexibility index (Phi) is 10.0. The maximum absolute atomic E-state index is 12.3. The van der Waals surface area contributed by atoms with Crippen LogP contribution in [0.15, 0.2) is 23.8 Å². The molecule has 0 fully saturated rings. The first-order valence-corrected chi connectivity index (χ1v) is 9.73. The van der Waals surface area contributed by atoms with Crippen LogP contribution < -0.4 is 0 Å². The quantitative estimate of drug-likeness (QED) is 0.435. The summed E-state index contributed by atoms with van der Waals surface area (Å²) in [4.78, 5) is 12.3. The lowest BCUT2D eigenvalue weighted by Crippen LogP contribution is -2.40. The van der Waals surface area contributed by atoms with Crippen molar-refractivity contribution in [3.63, 3.8) is 0 Å². The normalized spacial score (nSPS) is 23.3. The predicted molar refractivity (Wildman–Crippen MR) is 100 cm³/mol. The fourth-order valence-electron chi connectivity index (χ4n) is 3.83. The largest absolute Gasteiger partial charge is 0.481 e. The summed E-state index contributed by atoms with van der Waals surface area (Å²) >= 11 is 0. The number of methoxy groups -OCH3 is 1. The molecule has 2 unspecified atom stereocenters. The number of carboxylic acid groups (broad SMARTS) is 1. The predicted octanol–water partition coefficient (Wildman–Crippen LogP) is 5.76. The highest BCUT2D eigenvalue weighted by molar-refractivity contribution is 5.79. The van der Waals surface area contributed by atoms with E-state index in [9.17, 15) is 9.90 Å². The molecule has 0 aromatic rings. The molecule has 24 heavy (non-hydrogen) atoms. The average Bonchev–Trinajstić information content (AvgIpc) is 2.58. The third-order valence-electron chi connectivity index (χ3n) is 5.30. The molecule has 138 valence electrons. The van der Waals surface area contributed by atoms with Crippen LogP contribution in [-0.4, -0.2) is 24.8 Å². The number of allylic oxidation sites excluding steroid dienone is 3. The molecule has 1 aliphatic rings. The first-order valence-electron chi connectivity index (χ1n) is 9.73. The van der Waals surface area contributed by atoms with E-state index in [1.54, 1.807) is 7.11 Å². The summed E-state index contributed by atoms with van der Waals surface area (Å²) in [6.07, 6.45) is 16.6. The molecule has 0 radical (unpaired) electrons. The van der Waals surface area contributed by atoms with Gasteiger partial charge in [0.05, 0.1) is 5.41 Å². The van der Waals surface area contributed by atoms with E-state index < -0.39 is 11.4 Å². The van der Waals surface area contributed by atoms with E-state index in [4.69, 9.17) is 4.74 Å². The van der Waals surface area contributed by atoms with Gasteiger partial charge in [-0.05, 0) is 25.7 Å². The summed E-state index contributed by atoms with van der Waals surface area (Å²) in [5.41, 5.74) is 0.551. The molecule has 0 aromatic heterocycles. The van der Waals surface area contributed by atoms with E-state index >= 15 is 0 Å². The van der Waals surface area contributed by atoms with Crippen LogP contribution in [0.4, 0.5) is 0 Å². The molecular weight excluding hydrogens is 300 g/mol. The zero-order valence-corrected chi connectivity index (χ0v) is 15.9. The summed E-state index contributed by atoms with van der Waals surface area (Å²) in [6.45, 7) is 5.00. The second-order valence-corrected chi connectivity index (χ2v) is 7.05. The van der Waals surface area contributed by atoms with Crippen molar-refractivity contribution in [2.24, 2.45) is 11.3 Å². The minimum absolute atomic E-state index is 0.0673. The number of carbonyl (C=O) groups is 1. The first kappa shape index (κ1) is 21.0. The number of rotatable bonds is 13. The maximum atomic E-state index is 12.3. The van der Waals surface area contributed by atoms with Crippen LogP contribution in [-0.2, 0) is 9.53 Å². The minimum atomic E-state index is -0.747. The number of ether oxygens (including phenoxy) is 1. The fraction of sp³-hybridized carbons (Fsp3) is 0.762. The van der Waals surface area contributed by atoms with Crippen LogP contribution in [0.25, 0.3) is 0 Å². The summed E-state index contributed by atoms with van der Waals surface area (Å²) in [5, 5.41) is 10.1. The molecule has 1 aliphatic carbocycles. The zero-order chi connectivity index (χ0) is 17.8. The van der Waals surface area contributed by atoms with Crippen molar-refractivity contribution in [3.05, 3.63) is 23.8 Å². The van der Waals surface area contributed by atoms with Gasteiger partial charge in [-0.25, -0.2) is 0 Å². The Labute approximate surface area is 148 Å². The molecule has 0 aliphatic heterocycles. The Balaban J connectivity index is 2.89. The van der Waals surface area contributed by atoms with Gasteiger partial charge in [0.15, 0.2) is 0 Å². The molecule has 0 aromatic carbocycles. The van der Waals surface area contributed by atoms with E-state index in [1.165, 1.54) is 24.8 Å². The number of aliphatic carboxylic acids is 1. The van der Waals surface area contributed by atoms with Crippen molar-refractivity contribution in [1.82, 2.24) is 0 Å². The molecule has 0 heterocycles. The Hall–Kier alpha value is -1.09. The molecule has 0 spiro atoms. The van der Waals surface area contributed by atoms with Crippen molar-refractivity contribution in [2.75, 3.05) is 13.7 Å². The lowest BCUT2D eigenvalue weighted by atomic mass is 9.64. The zero-order valence-electron chi connectivity index (χ0n) is 15.9. The van der Waals surface area contributed by atoms with Gasteiger partial charge in [0, 0.05) is 19.6 Å². The van der Waals surface area contributed by atoms with Crippen LogP contribution in [0, 0.1) is 11.3 Å². The van der Waals surface area contributed by atoms with E-state index in [0.29, 0.717) is 6.61 Å². The van der Waals surface area contributed by atoms with E-state index in [1.807, 2.05) is 12.2 Å². The van der Waals surface area contributed by atoms with Gasteiger partial charge in [0.2, 0.25) is 0 Å². The van der Waals surface area contributed by atoms with E-state index in [-0.39, 0.29) is 5.92 Å². The highest BCUT2D eigenvalue weighted by Crippen LogP contribution is 2.45. The van der Waals surface area contributed by atoms with Gasteiger partial charge < -0.3 is 9.84 Å². The van der Waals surface area contributed by atoms with E-state index in [2.05, 4.69) is 19.9 Å². The highest BCUT2D eigenvalue weighted by Gasteiger charge is 2.45. The van der Waals surface area contributed by atoms with Gasteiger partial charge in [-0.1, -0.05) is 76.2 Å². The van der Waals surface area contributed by atoms with Crippen LogP contribution in [0.2, 0.25) is 0 Å². The monoisotopic (exact) mass is 336 g/mol. The van der Waals surface area contributed by atoms with Crippen molar-refractivity contribution in [3.8, 4) is 0 Å². The third kappa shape index (κ3) is 5.77. The molecule has 3 heteroatoms. The molecular formula is C21H36O3. The van der Waals surface area contributed by atoms with Crippen LogP contribution in [0.3, 0.4) is 0 Å². The topological polar surface area (TPSA) is 46.5 Å². The van der Waals surface area contributed by atoms with Gasteiger partial charge in [-0.3, -0.25) is 4.79 Å². The minimum Gasteiger partial charge on any atom is -0.481 e. The lowest BCUT2D eigenvalue weighted by molar-refractivity contribution is -0.149. The molecule has 0 saturated carbocycles. The smallest absolute Gasteiger partial charge is 0.314 e. The van der Waals surface area contributed by atoms with Crippen LogP contribution >= 0.6 is 0 Å². The summed E-state index contributed by atoms with van der Waals surface area (Å²) in [6, 6.07) is 0. The molecule has 0 bridgehead atoms. The summed E-state index contributed by atoms with van der Waals surface area (Å²) in [7, 11) is 1.70. The third-order valence-corrected chi connectivity index (χ3v) is 5.30. The Morgan fingerprint density at radius 2 is 1.88 bits per heavy atom. The molecule has 0 saturated heterocycles. The van der Waals surface area contributed by atoms with Crippen molar-refractivity contribution in [1.29, 1.82) is 0 Å². The van der Waals surface area contributed by atoms with Crippen molar-refractivity contribution < 1.29 is 14.6 Å². The number of hydrogen-bond donors (Lipinski definition) is 1. The number of carboxylic acids is 1. The Bertz CT molecular complexity index is 425. The molecule has 1 rings (SSSR count). The summed E-state index contributed by atoms with van der Waals surface area (Å²) < 4.78 is 5.28. The highest BCUT2D eigenvalue weighted by atomic mass is 16.5. The molecule has 3 nitrogen and oxygen atoms in total. The average molecular weight is 337 g/mol. The SMILES string of the molecule is CCCCCCCC1(C(=O)O)C=CC=C(CCCC)C1CCOC. The molecule has 1 N–H and O–H groups in total. The Morgan fingerprint density at radius 1 is 1.17 bits per heavy atom. The number of unbranched alkanes of at least 4 members (excludes halogenated alkanes) is 5. The number of hydrogen-bond acceptors (Lipinski definition) is 2. The standard InChI is InChI=1S/C21H36O3/c1-4-6-8-9-10-15-21(20(22)23)16-11-13-18(12-7-5-2)19(21)14-17-24-3/h11,13,16,19H,4-10,12,14-15,17H2,1-3H3,(H,22,23). The molecule has 0 amide bonds. The second-order valence-electron chi connectivity index (χ2n) is 7.05. The maximum Gasteiger partial charge on any atom is 0.314 e. The second kappa shape index (κ2) is 11.5. The first-order chi connectivity index (χ1) is 11.6. The lowest BCUT2D eigenvalue weighted by Gasteiger charge is -2.39. The molecule has 2 atom stereocenters. The van der Waals surface area contributed by atoms with Crippen LogP contribution in [0.1, 0.15) is 78.1 Å². The van der Waals surface area contributed by atoms with Gasteiger partial charge in [0.1, 0.15) is 0 Å². The fourth-order valence-corrected chi connectivity index (χ4v) is 3.83. The van der Waals surface area contributed by atoms with E-state index in [0.717, 1.165) is 44.9 Å². The Morgan fingerprint density at radius 3 is 2.50 bits per heavy atom. The van der Waals surface area contributed by atoms with Gasteiger partial charge >= 0.3 is 5.97 Å². The van der Waals surface area contributed by atoms with Gasteiger partial charge in [-0.15, -0.1) is 0 Å². The van der Waals surface area contributed by atoms with Crippen molar-refractivity contribution >= 4 is 5.97 Å².